The van der Waals surface area contributed by atoms with E-state index in [-0.39, 0.29) is 52.8 Å². The number of ketones is 1. The maximum atomic E-state index is 15.7. The SMILES string of the molecule is C[C@@H]1CCO[C@]([C@H]2C[C@H]3CCC4=C5[C@H]([C@@H](CCc6ccccc6)C[C@@]2(C)[C@]53O)[C@]2(C)[C@@H](C[C@@H](O)C[C@@]23CCC2(CCCC2)C3)C4=O)([C@H]2O[C@@H]2[C@](C)(O)[C@](C)(CO)CCC2=CCNC(N)=C2)C1. The number of hydrogen-bond acceptors (Lipinski definition) is 9. The number of aliphatic hydroxyl groups excluding tert-OH is 2. The molecule has 10 aliphatic rings. The van der Waals surface area contributed by atoms with Crippen molar-refractivity contribution >= 4 is 5.78 Å². The molecule has 3 heterocycles. The third kappa shape index (κ3) is 6.40. The van der Waals surface area contributed by atoms with Crippen LogP contribution >= 0.6 is 0 Å². The van der Waals surface area contributed by atoms with Gasteiger partial charge in [-0.1, -0.05) is 76.9 Å². The van der Waals surface area contributed by atoms with Gasteiger partial charge in [0.1, 0.15) is 17.8 Å². The molecule has 16 atom stereocenters. The molecule has 9 heteroatoms. The lowest BCUT2D eigenvalue weighted by molar-refractivity contribution is -0.218. The summed E-state index contributed by atoms with van der Waals surface area (Å²) in [6.07, 6.45) is 20.3. The van der Waals surface area contributed by atoms with Crippen LogP contribution < -0.4 is 11.1 Å². The molecule has 362 valence electrons. The predicted octanol–water partition coefficient (Wildman–Crippen LogP) is 8.62. The minimum atomic E-state index is -1.38. The van der Waals surface area contributed by atoms with E-state index >= 15 is 4.79 Å². The fourth-order valence-electron chi connectivity index (χ4n) is 18.8. The van der Waals surface area contributed by atoms with E-state index in [2.05, 4.69) is 62.5 Å². The number of rotatable bonds is 11. The van der Waals surface area contributed by atoms with Gasteiger partial charge in [-0.3, -0.25) is 4.79 Å². The van der Waals surface area contributed by atoms with Crippen LogP contribution in [0.1, 0.15) is 156 Å². The Morgan fingerprint density at radius 3 is 2.48 bits per heavy atom. The summed E-state index contributed by atoms with van der Waals surface area (Å²) in [5, 5.41) is 53.5. The normalized spacial score (nSPS) is 46.3. The maximum Gasteiger partial charge on any atom is 0.162 e. The second-order valence-corrected chi connectivity index (χ2v) is 25.5. The molecule has 9 nitrogen and oxygen atoms in total. The van der Waals surface area contributed by atoms with Crippen molar-refractivity contribution < 1.29 is 34.7 Å². The summed E-state index contributed by atoms with van der Waals surface area (Å²) in [5.41, 5.74) is 5.52. The van der Waals surface area contributed by atoms with Gasteiger partial charge in [-0.2, -0.15) is 0 Å². The summed E-state index contributed by atoms with van der Waals surface area (Å²) in [4.78, 5) is 15.7. The Morgan fingerprint density at radius 2 is 1.76 bits per heavy atom. The van der Waals surface area contributed by atoms with Crippen LogP contribution in [0.25, 0.3) is 0 Å². The number of fused-ring (bicyclic) bond motifs is 3. The fraction of sp³-hybridized carbons (Fsp3) is 0.772. The number of allylic oxidation sites excluding steroid dienone is 3. The van der Waals surface area contributed by atoms with E-state index in [4.69, 9.17) is 15.2 Å². The minimum Gasteiger partial charge on any atom is -0.396 e. The van der Waals surface area contributed by atoms with Crippen LogP contribution in [0.15, 0.2) is 65.0 Å². The van der Waals surface area contributed by atoms with Crippen LogP contribution in [0.5, 0.6) is 0 Å². The fourth-order valence-corrected chi connectivity index (χ4v) is 18.8. The molecule has 2 spiro atoms. The number of aliphatic hydroxyl groups is 4. The highest BCUT2D eigenvalue weighted by atomic mass is 16.6. The van der Waals surface area contributed by atoms with Crippen LogP contribution in [0, 0.1) is 62.6 Å². The molecular formula is C57H82N2O7. The molecule has 1 aromatic rings. The molecule has 5 saturated carbocycles. The van der Waals surface area contributed by atoms with Gasteiger partial charge in [0, 0.05) is 29.9 Å². The topological polar surface area (TPSA) is 158 Å². The molecular weight excluding hydrogens is 825 g/mol. The van der Waals surface area contributed by atoms with Crippen molar-refractivity contribution in [3.05, 3.63) is 70.6 Å². The smallest absolute Gasteiger partial charge is 0.162 e. The third-order valence-electron chi connectivity index (χ3n) is 22.4. The van der Waals surface area contributed by atoms with E-state index in [0.717, 1.165) is 80.9 Å². The van der Waals surface area contributed by atoms with Crippen LogP contribution in [0.4, 0.5) is 0 Å². The summed E-state index contributed by atoms with van der Waals surface area (Å²) in [6, 6.07) is 10.9. The first-order valence-corrected chi connectivity index (χ1v) is 26.6. The maximum absolute atomic E-state index is 15.7. The van der Waals surface area contributed by atoms with Gasteiger partial charge in [0.2, 0.25) is 0 Å². The zero-order chi connectivity index (χ0) is 46.3. The highest BCUT2D eigenvalue weighted by Gasteiger charge is 2.80. The first kappa shape index (κ1) is 45.9. The number of nitrogens with one attached hydrogen (secondary N) is 1. The lowest BCUT2D eigenvalue weighted by Gasteiger charge is -2.69. The minimum absolute atomic E-state index is 0.0245. The molecule has 0 bridgehead atoms. The van der Waals surface area contributed by atoms with E-state index in [9.17, 15) is 20.4 Å². The number of aryl methyl sites for hydroxylation is 1. The summed E-state index contributed by atoms with van der Waals surface area (Å²) in [5.74, 6) is 1.16. The average molecular weight is 907 g/mol. The van der Waals surface area contributed by atoms with Gasteiger partial charge < -0.3 is 41.0 Å². The zero-order valence-corrected chi connectivity index (χ0v) is 40.9. The Hall–Kier alpha value is -2.53. The number of nitrogens with two attached hydrogens (primary N) is 1. The summed E-state index contributed by atoms with van der Waals surface area (Å²) < 4.78 is 14.3. The molecule has 7 N–H and O–H groups in total. The zero-order valence-electron chi connectivity index (χ0n) is 40.9. The molecule has 2 saturated heterocycles. The number of carbonyl (C=O) groups is 1. The Bertz CT molecular complexity index is 2180. The van der Waals surface area contributed by atoms with Gasteiger partial charge in [-0.25, -0.2) is 0 Å². The molecule has 3 aliphatic heterocycles. The van der Waals surface area contributed by atoms with E-state index in [1.807, 2.05) is 19.9 Å². The molecule has 0 aromatic heterocycles. The van der Waals surface area contributed by atoms with Crippen molar-refractivity contribution in [1.29, 1.82) is 0 Å². The second-order valence-electron chi connectivity index (χ2n) is 25.5. The molecule has 0 radical (unpaired) electrons. The molecule has 0 amide bonds. The van der Waals surface area contributed by atoms with Crippen LogP contribution in [-0.4, -0.2) is 81.1 Å². The van der Waals surface area contributed by atoms with Crippen molar-refractivity contribution in [3.63, 3.8) is 0 Å². The highest BCUT2D eigenvalue weighted by molar-refractivity contribution is 6.00. The lowest BCUT2D eigenvalue weighted by atomic mass is 9.35. The molecule has 11 rings (SSSR count). The van der Waals surface area contributed by atoms with Crippen molar-refractivity contribution in [2.45, 2.75) is 192 Å². The quantitative estimate of drug-likeness (QED) is 0.120. The van der Waals surface area contributed by atoms with Gasteiger partial charge in [0.15, 0.2) is 5.78 Å². The summed E-state index contributed by atoms with van der Waals surface area (Å²) in [6.45, 7) is 12.1. The lowest BCUT2D eigenvalue weighted by Crippen LogP contribution is -2.70. The predicted molar refractivity (Wildman–Crippen MR) is 255 cm³/mol. The number of hydrogen-bond donors (Lipinski definition) is 6. The Morgan fingerprint density at radius 1 is 0.985 bits per heavy atom. The second kappa shape index (κ2) is 15.7. The third-order valence-corrected chi connectivity index (χ3v) is 22.4. The van der Waals surface area contributed by atoms with Crippen LogP contribution in [0.2, 0.25) is 0 Å². The summed E-state index contributed by atoms with van der Waals surface area (Å²) >= 11 is 0. The van der Waals surface area contributed by atoms with Gasteiger partial charge >= 0.3 is 0 Å². The van der Waals surface area contributed by atoms with E-state index in [1.165, 1.54) is 37.7 Å². The van der Waals surface area contributed by atoms with E-state index in [1.54, 1.807) is 0 Å². The molecule has 66 heavy (non-hydrogen) atoms. The number of ether oxygens (including phenoxy) is 2. The summed E-state index contributed by atoms with van der Waals surface area (Å²) in [7, 11) is 0. The number of carbonyl (C=O) groups excluding carboxylic acids is 1. The molecule has 1 aromatic carbocycles. The number of epoxide rings is 1. The number of dihydropyridines is 1. The molecule has 7 aliphatic carbocycles. The van der Waals surface area contributed by atoms with Crippen LogP contribution in [0.3, 0.4) is 0 Å². The van der Waals surface area contributed by atoms with Gasteiger partial charge in [0.25, 0.3) is 0 Å². The first-order chi connectivity index (χ1) is 31.4. The van der Waals surface area contributed by atoms with E-state index < -0.39 is 45.9 Å². The van der Waals surface area contributed by atoms with Gasteiger partial charge in [0.05, 0.1) is 29.7 Å². The standard InChI is InChI=1S/C57H82N2O7/c1-35-19-26-65-56(30-35,49-48(66-49)53(5,63)50(2,34-60)22-17-37-18-25-59-44(58)27-37)43-28-39-15-16-41-46-45(38(31-51(43,3)57(39,46)64)14-13-36-11-7-6-8-12-36)52(4)42(47(41)62)29-40(61)32-55(52)24-23-54(33-55)20-9-10-21-54/h6-8,11-12,18,27,35,38-40,42-43,45,48-49,59-61,63-64H,9-10,13-17,19-26,28-34,58H2,1-5H3/t35-,38+,39-,40-,42+,43+,45+,48+,49+,50+,51-,52+,53+,55-,56-,57-/m1/s1. The van der Waals surface area contributed by atoms with E-state index in [0.29, 0.717) is 56.0 Å². The van der Waals surface area contributed by atoms with Gasteiger partial charge in [-0.15, -0.1) is 0 Å². The number of benzene rings is 1. The van der Waals surface area contributed by atoms with Crippen molar-refractivity contribution in [1.82, 2.24) is 5.32 Å². The van der Waals surface area contributed by atoms with Crippen molar-refractivity contribution in [2.24, 2.45) is 68.3 Å². The first-order valence-electron chi connectivity index (χ1n) is 26.6. The average Bonchev–Trinajstić information content (AvgIpc) is 3.79. The largest absolute Gasteiger partial charge is 0.396 e. The van der Waals surface area contributed by atoms with Gasteiger partial charge in [-0.05, 0) is 190 Å². The highest BCUT2D eigenvalue weighted by Crippen LogP contribution is 2.80. The molecule has 7 fully saturated rings. The Labute approximate surface area is 394 Å². The molecule has 0 unspecified atom stereocenters. The van der Waals surface area contributed by atoms with Crippen LogP contribution in [-0.2, 0) is 20.7 Å². The van der Waals surface area contributed by atoms with Crippen molar-refractivity contribution in [3.8, 4) is 0 Å². The van der Waals surface area contributed by atoms with Crippen molar-refractivity contribution in [2.75, 3.05) is 19.8 Å². The Balaban J connectivity index is 1.01. The monoisotopic (exact) mass is 907 g/mol. The Kier molecular flexibility index (Phi) is 10.9. The number of Topliss-reactive ketones (excluding diaryl/α,β-unsaturated/α-hetero) is 1.